The molecule has 0 saturated carbocycles. The minimum atomic E-state index is -1.30. The second-order valence-corrected chi connectivity index (χ2v) is 10.9. The van der Waals surface area contributed by atoms with Gasteiger partial charge in [0.15, 0.2) is 0 Å². The molecule has 0 aliphatic heterocycles. The van der Waals surface area contributed by atoms with E-state index in [9.17, 15) is 0 Å². The van der Waals surface area contributed by atoms with Crippen molar-refractivity contribution in [3.05, 3.63) is 24.4 Å². The summed E-state index contributed by atoms with van der Waals surface area (Å²) in [4.78, 5) is 4.51. The van der Waals surface area contributed by atoms with E-state index >= 15 is 0 Å². The van der Waals surface area contributed by atoms with Crippen molar-refractivity contribution < 1.29 is 0 Å². The largest absolute Gasteiger partial charge is 0.266 e. The normalized spacial score (nSPS) is 12.9. The molecule has 15 heavy (non-hydrogen) atoms. The first-order valence-corrected chi connectivity index (χ1v) is 8.93. The van der Waals surface area contributed by atoms with Gasteiger partial charge in [-0.15, -0.1) is 0 Å². The van der Waals surface area contributed by atoms with Gasteiger partial charge in [0.1, 0.15) is 8.07 Å². The van der Waals surface area contributed by atoms with Crippen LogP contribution < -0.4 is 5.32 Å². The van der Waals surface area contributed by atoms with E-state index in [2.05, 4.69) is 51.0 Å². The van der Waals surface area contributed by atoms with Gasteiger partial charge in [-0.2, -0.15) is 0 Å². The van der Waals surface area contributed by atoms with Crippen LogP contribution in [-0.4, -0.2) is 13.1 Å². The highest BCUT2D eigenvalue weighted by molar-refractivity contribution is 6.89. The molecule has 0 amide bonds. The molecule has 0 N–H and O–H groups in total. The molecule has 0 spiro atoms. The van der Waals surface area contributed by atoms with E-state index in [-0.39, 0.29) is 0 Å². The van der Waals surface area contributed by atoms with Crippen LogP contribution in [0.4, 0.5) is 0 Å². The minimum Gasteiger partial charge on any atom is -0.266 e. The maximum atomic E-state index is 4.51. The maximum absolute atomic E-state index is 4.51. The molecule has 0 unspecified atom stereocenters. The van der Waals surface area contributed by atoms with E-state index in [4.69, 9.17) is 0 Å². The lowest BCUT2D eigenvalue weighted by atomic mass is 9.94. The topological polar surface area (TPSA) is 12.9 Å². The molecule has 1 heterocycles. The van der Waals surface area contributed by atoms with E-state index in [1.807, 2.05) is 12.3 Å². The average Bonchev–Trinajstić information content (AvgIpc) is 2.16. The van der Waals surface area contributed by atoms with Gasteiger partial charge in [-0.1, -0.05) is 52.4 Å². The van der Waals surface area contributed by atoms with Gasteiger partial charge in [-0.25, -0.2) is 0 Å². The summed E-state index contributed by atoms with van der Waals surface area (Å²) in [5.41, 5.74) is 0.444. The second kappa shape index (κ2) is 4.48. The van der Waals surface area contributed by atoms with Gasteiger partial charge in [-0.05, 0) is 17.5 Å². The van der Waals surface area contributed by atoms with E-state index in [1.165, 1.54) is 17.8 Å². The highest BCUT2D eigenvalue weighted by Crippen LogP contribution is 2.25. The lowest BCUT2D eigenvalue weighted by Gasteiger charge is -2.26. The zero-order chi connectivity index (χ0) is 11.5. The fraction of sp³-hybridized carbons (Fsp3) is 0.615. The lowest BCUT2D eigenvalue weighted by molar-refractivity contribution is 0.396. The Morgan fingerprint density at radius 1 is 1.20 bits per heavy atom. The third-order valence-electron chi connectivity index (χ3n) is 2.86. The third kappa shape index (κ3) is 4.16. The van der Waals surface area contributed by atoms with E-state index in [1.54, 1.807) is 0 Å². The number of aromatic nitrogens is 1. The molecule has 0 aliphatic carbocycles. The Hall–Kier alpha value is -0.633. The molecule has 0 fully saturated rings. The highest BCUT2D eigenvalue weighted by Gasteiger charge is 2.26. The van der Waals surface area contributed by atoms with Crippen LogP contribution in [0.3, 0.4) is 0 Å². The van der Waals surface area contributed by atoms with Gasteiger partial charge in [0.05, 0.1) is 0 Å². The summed E-state index contributed by atoms with van der Waals surface area (Å²) >= 11 is 0. The van der Waals surface area contributed by atoms with Gasteiger partial charge < -0.3 is 0 Å². The van der Waals surface area contributed by atoms with Crippen LogP contribution in [0.15, 0.2) is 24.4 Å². The molecule has 1 aromatic heterocycles. The van der Waals surface area contributed by atoms with Crippen molar-refractivity contribution in [2.24, 2.45) is 5.41 Å². The summed E-state index contributed by atoms with van der Waals surface area (Å²) in [6, 6.07) is 7.62. The van der Waals surface area contributed by atoms with Crippen molar-refractivity contribution in [3.63, 3.8) is 0 Å². The van der Waals surface area contributed by atoms with Crippen LogP contribution >= 0.6 is 0 Å². The Kier molecular flexibility index (Phi) is 3.71. The Morgan fingerprint density at radius 2 is 1.87 bits per heavy atom. The van der Waals surface area contributed by atoms with Crippen LogP contribution in [0.1, 0.15) is 27.2 Å². The molecule has 1 nitrogen and oxygen atoms in total. The van der Waals surface area contributed by atoms with Crippen LogP contribution in [0.5, 0.6) is 0 Å². The van der Waals surface area contributed by atoms with Crippen molar-refractivity contribution in [3.8, 4) is 0 Å². The first-order valence-electron chi connectivity index (χ1n) is 5.73. The molecule has 0 bridgehead atoms. The summed E-state index contributed by atoms with van der Waals surface area (Å²) in [6.07, 6.45) is 3.21. The van der Waals surface area contributed by atoms with Gasteiger partial charge in [-0.3, -0.25) is 4.98 Å². The van der Waals surface area contributed by atoms with Crippen LogP contribution in [-0.2, 0) is 0 Å². The Labute approximate surface area is 95.0 Å². The predicted molar refractivity (Wildman–Crippen MR) is 70.2 cm³/mol. The minimum absolute atomic E-state index is 0.444. The molecule has 0 saturated heterocycles. The molecule has 0 aliphatic rings. The number of nitrogens with zero attached hydrogens (tertiary/aromatic N) is 1. The Balaban J connectivity index is 2.68. The molecule has 84 valence electrons. The smallest absolute Gasteiger partial charge is 0.104 e. The summed E-state index contributed by atoms with van der Waals surface area (Å²) in [5.74, 6) is 0. The second-order valence-electron chi connectivity index (χ2n) is 6.16. The molecular weight excluding hydrogens is 198 g/mol. The summed E-state index contributed by atoms with van der Waals surface area (Å²) < 4.78 is 0. The summed E-state index contributed by atoms with van der Waals surface area (Å²) in [5, 5.41) is 1.34. The Bertz CT molecular complexity index is 298. The van der Waals surface area contributed by atoms with Gasteiger partial charge in [0.25, 0.3) is 0 Å². The fourth-order valence-corrected chi connectivity index (χ4v) is 4.18. The SMILES string of the molecule is CC(C)(C)CC[Si](C)(C)c1ccccn1. The zero-order valence-electron chi connectivity index (χ0n) is 10.7. The molecule has 1 aromatic rings. The van der Waals surface area contributed by atoms with E-state index in [0.29, 0.717) is 5.41 Å². The van der Waals surface area contributed by atoms with Crippen molar-refractivity contribution >= 4 is 13.4 Å². The van der Waals surface area contributed by atoms with Crippen molar-refractivity contribution in [1.82, 2.24) is 4.98 Å². The number of rotatable bonds is 3. The molecule has 1 rings (SSSR count). The van der Waals surface area contributed by atoms with E-state index < -0.39 is 8.07 Å². The van der Waals surface area contributed by atoms with Crippen LogP contribution in [0.25, 0.3) is 0 Å². The Morgan fingerprint density at radius 3 is 2.33 bits per heavy atom. The first kappa shape index (κ1) is 12.4. The maximum Gasteiger partial charge on any atom is 0.104 e. The fourth-order valence-electron chi connectivity index (χ4n) is 1.58. The molecule has 0 atom stereocenters. The lowest BCUT2D eigenvalue weighted by Crippen LogP contribution is -2.43. The van der Waals surface area contributed by atoms with Crippen molar-refractivity contribution in [2.45, 2.75) is 46.3 Å². The molecular formula is C13H23NSi. The average molecular weight is 221 g/mol. The molecule has 0 aromatic carbocycles. The molecule has 2 heteroatoms. The quantitative estimate of drug-likeness (QED) is 0.713. The number of pyridine rings is 1. The highest BCUT2D eigenvalue weighted by atomic mass is 28.3. The number of hydrogen-bond acceptors (Lipinski definition) is 1. The first-order chi connectivity index (χ1) is 6.81. The van der Waals surface area contributed by atoms with Gasteiger partial charge >= 0.3 is 0 Å². The number of hydrogen-bond donors (Lipinski definition) is 0. The monoisotopic (exact) mass is 221 g/mol. The standard InChI is InChI=1S/C13H23NSi/c1-13(2,3)9-11-15(4,5)12-8-6-7-10-14-12/h6-8,10H,9,11H2,1-5H3. The van der Waals surface area contributed by atoms with Gasteiger partial charge in [0, 0.05) is 11.5 Å². The summed E-state index contributed by atoms with van der Waals surface area (Å²) in [6.45, 7) is 11.8. The van der Waals surface area contributed by atoms with Gasteiger partial charge in [0.2, 0.25) is 0 Å². The van der Waals surface area contributed by atoms with Crippen LogP contribution in [0, 0.1) is 5.41 Å². The van der Waals surface area contributed by atoms with Crippen molar-refractivity contribution in [2.75, 3.05) is 0 Å². The summed E-state index contributed by atoms with van der Waals surface area (Å²) in [7, 11) is -1.30. The van der Waals surface area contributed by atoms with Crippen molar-refractivity contribution in [1.29, 1.82) is 0 Å². The third-order valence-corrected chi connectivity index (χ3v) is 6.04. The van der Waals surface area contributed by atoms with E-state index in [0.717, 1.165) is 0 Å². The zero-order valence-corrected chi connectivity index (χ0v) is 11.7. The van der Waals surface area contributed by atoms with Crippen LogP contribution in [0.2, 0.25) is 19.1 Å². The predicted octanol–water partition coefficient (Wildman–Crippen LogP) is 3.43. The molecule has 0 radical (unpaired) electrons.